The fourth-order valence-corrected chi connectivity index (χ4v) is 2.88. The number of halogens is 1. The highest BCUT2D eigenvalue weighted by Crippen LogP contribution is 2.26. The van der Waals surface area contributed by atoms with E-state index in [9.17, 15) is 14.9 Å². The van der Waals surface area contributed by atoms with Gasteiger partial charge >= 0.3 is 0 Å². The first-order valence-electron chi connectivity index (χ1n) is 5.04. The van der Waals surface area contributed by atoms with E-state index in [1.54, 1.807) is 25.1 Å². The molecule has 2 aromatic rings. The van der Waals surface area contributed by atoms with Crippen molar-refractivity contribution in [3.05, 3.63) is 60.2 Å². The van der Waals surface area contributed by atoms with Gasteiger partial charge in [0.2, 0.25) is 5.78 Å². The number of nitro groups is 1. The van der Waals surface area contributed by atoms with Crippen LogP contribution in [-0.4, -0.2) is 10.7 Å². The Bertz CT molecular complexity index is 636. The molecule has 0 radical (unpaired) electrons. The first-order chi connectivity index (χ1) is 8.49. The summed E-state index contributed by atoms with van der Waals surface area (Å²) in [5.74, 6) is -0.188. The van der Waals surface area contributed by atoms with Crippen LogP contribution in [0.1, 0.15) is 20.8 Å². The van der Waals surface area contributed by atoms with Crippen LogP contribution >= 0.6 is 27.3 Å². The minimum Gasteiger partial charge on any atom is -0.288 e. The smallest absolute Gasteiger partial charge is 0.270 e. The topological polar surface area (TPSA) is 60.2 Å². The molecule has 4 nitrogen and oxygen atoms in total. The summed E-state index contributed by atoms with van der Waals surface area (Å²) in [6.45, 7) is 1.76. The van der Waals surface area contributed by atoms with Crippen molar-refractivity contribution in [3.63, 3.8) is 0 Å². The van der Waals surface area contributed by atoms with Gasteiger partial charge in [-0.1, -0.05) is 6.07 Å². The van der Waals surface area contributed by atoms with Gasteiger partial charge in [-0.2, -0.15) is 0 Å². The molecule has 1 heterocycles. The summed E-state index contributed by atoms with van der Waals surface area (Å²) < 4.78 is 0.855. The van der Waals surface area contributed by atoms with Crippen molar-refractivity contribution in [2.75, 3.05) is 0 Å². The normalized spacial score (nSPS) is 10.3. The third-order valence-corrected chi connectivity index (χ3v) is 4.10. The van der Waals surface area contributed by atoms with Gasteiger partial charge in [-0.25, -0.2) is 0 Å². The zero-order valence-electron chi connectivity index (χ0n) is 9.34. The van der Waals surface area contributed by atoms with E-state index < -0.39 is 4.92 Å². The van der Waals surface area contributed by atoms with Crippen molar-refractivity contribution in [2.24, 2.45) is 0 Å². The molecule has 1 aromatic carbocycles. The number of rotatable bonds is 3. The van der Waals surface area contributed by atoms with Crippen molar-refractivity contribution in [3.8, 4) is 0 Å². The van der Waals surface area contributed by atoms with Crippen molar-refractivity contribution in [1.29, 1.82) is 0 Å². The number of benzene rings is 1. The van der Waals surface area contributed by atoms with Crippen molar-refractivity contribution >= 4 is 38.7 Å². The van der Waals surface area contributed by atoms with E-state index in [1.807, 2.05) is 0 Å². The second-order valence-electron chi connectivity index (χ2n) is 3.69. The molecule has 18 heavy (non-hydrogen) atoms. The molecule has 0 N–H and O–H groups in total. The Balaban J connectivity index is 2.47. The molecule has 0 fully saturated rings. The van der Waals surface area contributed by atoms with Crippen molar-refractivity contribution in [2.45, 2.75) is 6.92 Å². The highest BCUT2D eigenvalue weighted by atomic mass is 79.9. The molecule has 0 atom stereocenters. The average Bonchev–Trinajstić information content (AvgIpc) is 2.75. The van der Waals surface area contributed by atoms with Crippen LogP contribution in [0, 0.1) is 17.0 Å². The minimum atomic E-state index is -0.499. The molecule has 6 heteroatoms. The van der Waals surface area contributed by atoms with E-state index in [-0.39, 0.29) is 11.5 Å². The first-order valence-corrected chi connectivity index (χ1v) is 6.65. The molecule has 1 aromatic heterocycles. The zero-order valence-corrected chi connectivity index (χ0v) is 11.7. The van der Waals surface area contributed by atoms with Gasteiger partial charge in [0.15, 0.2) is 0 Å². The summed E-state index contributed by atoms with van der Waals surface area (Å²) in [5.41, 5.74) is 1.04. The van der Waals surface area contributed by atoms with Crippen LogP contribution in [0.5, 0.6) is 0 Å². The number of hydrogen-bond acceptors (Lipinski definition) is 4. The van der Waals surface area contributed by atoms with Crippen LogP contribution < -0.4 is 0 Å². The average molecular weight is 326 g/mol. The second-order valence-corrected chi connectivity index (χ2v) is 6.15. The summed E-state index contributed by atoms with van der Waals surface area (Å²) in [5, 5.41) is 10.7. The van der Waals surface area contributed by atoms with E-state index in [1.165, 1.54) is 23.5 Å². The molecule has 0 saturated carbocycles. The Hall–Kier alpha value is -1.53. The number of aryl methyl sites for hydroxylation is 1. The molecule has 0 aliphatic heterocycles. The van der Waals surface area contributed by atoms with Gasteiger partial charge < -0.3 is 0 Å². The van der Waals surface area contributed by atoms with Crippen molar-refractivity contribution in [1.82, 2.24) is 0 Å². The van der Waals surface area contributed by atoms with Gasteiger partial charge in [0.1, 0.15) is 0 Å². The van der Waals surface area contributed by atoms with Gasteiger partial charge in [0, 0.05) is 17.7 Å². The molecule has 2 rings (SSSR count). The highest BCUT2D eigenvalue weighted by molar-refractivity contribution is 9.11. The monoisotopic (exact) mass is 325 g/mol. The molecule has 0 aliphatic rings. The summed E-state index contributed by atoms with van der Waals surface area (Å²) in [4.78, 5) is 23.0. The van der Waals surface area contributed by atoms with Crippen LogP contribution in [-0.2, 0) is 0 Å². The first kappa shape index (κ1) is 12.9. The third kappa shape index (κ3) is 2.49. The van der Waals surface area contributed by atoms with Crippen LogP contribution in [0.15, 0.2) is 34.1 Å². The number of nitrogens with zero attached hydrogens (tertiary/aromatic N) is 1. The largest absolute Gasteiger partial charge is 0.288 e. The Morgan fingerprint density at radius 1 is 1.33 bits per heavy atom. The number of non-ortho nitro benzene ring substituents is 1. The van der Waals surface area contributed by atoms with Gasteiger partial charge in [-0.15, -0.1) is 11.3 Å². The number of ketones is 1. The lowest BCUT2D eigenvalue weighted by Gasteiger charge is -2.02. The Morgan fingerprint density at radius 2 is 2.06 bits per heavy atom. The molecule has 0 bridgehead atoms. The SMILES string of the molecule is Cc1ccc([N+](=O)[O-])cc1C(=O)c1ccc(Br)s1. The number of carbonyl (C=O) groups is 1. The molecule has 0 spiro atoms. The Labute approximate surface area is 116 Å². The fourth-order valence-electron chi connectivity index (χ4n) is 1.54. The van der Waals surface area contributed by atoms with E-state index in [0.717, 1.165) is 9.35 Å². The minimum absolute atomic E-state index is 0.0698. The standard InChI is InChI=1S/C12H8BrNO3S/c1-7-2-3-8(14(16)17)6-9(7)12(15)10-4-5-11(13)18-10/h2-6H,1H3. The van der Waals surface area contributed by atoms with E-state index in [4.69, 9.17) is 0 Å². The maximum Gasteiger partial charge on any atom is 0.270 e. The summed E-state index contributed by atoms with van der Waals surface area (Å²) in [6.07, 6.45) is 0. The van der Waals surface area contributed by atoms with Gasteiger partial charge in [-0.05, 0) is 40.5 Å². The fraction of sp³-hybridized carbons (Fsp3) is 0.0833. The molecular formula is C12H8BrNO3S. The maximum atomic E-state index is 12.2. The summed E-state index contributed by atoms with van der Waals surface area (Å²) in [6, 6.07) is 7.80. The molecule has 0 unspecified atom stereocenters. The van der Waals surface area contributed by atoms with Gasteiger partial charge in [0.05, 0.1) is 13.6 Å². The number of thiophene rings is 1. The zero-order chi connectivity index (χ0) is 13.3. The number of hydrogen-bond donors (Lipinski definition) is 0. The summed E-state index contributed by atoms with van der Waals surface area (Å²) >= 11 is 4.60. The van der Waals surface area contributed by atoms with Crippen LogP contribution in [0.25, 0.3) is 0 Å². The molecule has 92 valence electrons. The van der Waals surface area contributed by atoms with Gasteiger partial charge in [-0.3, -0.25) is 14.9 Å². The molecule has 0 amide bonds. The highest BCUT2D eigenvalue weighted by Gasteiger charge is 2.17. The summed E-state index contributed by atoms with van der Waals surface area (Å²) in [7, 11) is 0. The molecule has 0 aliphatic carbocycles. The Kier molecular flexibility index (Phi) is 3.58. The predicted octanol–water partition coefficient (Wildman–Crippen LogP) is 3.96. The van der Waals surface area contributed by atoms with Crippen molar-refractivity contribution < 1.29 is 9.72 Å². The predicted molar refractivity (Wildman–Crippen MR) is 73.3 cm³/mol. The van der Waals surface area contributed by atoms with E-state index in [2.05, 4.69) is 15.9 Å². The lowest BCUT2D eigenvalue weighted by atomic mass is 10.0. The third-order valence-electron chi connectivity index (χ3n) is 2.47. The number of nitro benzene ring substituents is 1. The second kappa shape index (κ2) is 4.99. The molecular weight excluding hydrogens is 318 g/mol. The van der Waals surface area contributed by atoms with Crippen LogP contribution in [0.4, 0.5) is 5.69 Å². The maximum absolute atomic E-state index is 12.2. The number of carbonyl (C=O) groups excluding carboxylic acids is 1. The van der Waals surface area contributed by atoms with Gasteiger partial charge in [0.25, 0.3) is 5.69 Å². The van der Waals surface area contributed by atoms with Crippen LogP contribution in [0.2, 0.25) is 0 Å². The molecule has 0 saturated heterocycles. The van der Waals surface area contributed by atoms with E-state index in [0.29, 0.717) is 10.4 Å². The lowest BCUT2D eigenvalue weighted by molar-refractivity contribution is -0.384. The quantitative estimate of drug-likeness (QED) is 0.487. The lowest BCUT2D eigenvalue weighted by Crippen LogP contribution is -2.02. The van der Waals surface area contributed by atoms with Crippen LogP contribution in [0.3, 0.4) is 0 Å². The van der Waals surface area contributed by atoms with E-state index >= 15 is 0 Å². The Morgan fingerprint density at radius 3 is 2.61 bits per heavy atom.